The Labute approximate surface area is 172 Å². The van der Waals surface area contributed by atoms with E-state index in [1.54, 1.807) is 19.1 Å². The predicted molar refractivity (Wildman–Crippen MR) is 107 cm³/mol. The molecule has 1 atom stereocenters. The minimum Gasteiger partial charge on any atom is -0.454 e. The van der Waals surface area contributed by atoms with Crippen molar-refractivity contribution in [3.05, 3.63) is 58.6 Å². The van der Waals surface area contributed by atoms with Gasteiger partial charge in [0.05, 0.1) is 30.3 Å². The molecule has 9 heteroatoms. The van der Waals surface area contributed by atoms with Gasteiger partial charge < -0.3 is 19.5 Å². The van der Waals surface area contributed by atoms with Crippen LogP contribution in [0.4, 0.5) is 4.79 Å². The smallest absolute Gasteiger partial charge is 0.407 e. The van der Waals surface area contributed by atoms with Crippen LogP contribution in [0.1, 0.15) is 30.5 Å². The Kier molecular flexibility index (Phi) is 6.91. The highest BCUT2D eigenvalue weighted by atomic mass is 35.5. The van der Waals surface area contributed by atoms with E-state index >= 15 is 0 Å². The fraction of sp³-hybridized carbons (Fsp3) is 0.250. The highest BCUT2D eigenvalue weighted by Gasteiger charge is 2.19. The number of fused-ring (bicyclic) bond motifs is 1. The second kappa shape index (κ2) is 9.79. The lowest BCUT2D eigenvalue weighted by molar-refractivity contribution is -0.121. The lowest BCUT2D eigenvalue weighted by Crippen LogP contribution is -2.33. The number of nitrogens with zero attached hydrogens (tertiary/aromatic N) is 1. The second-order valence-electron chi connectivity index (χ2n) is 6.05. The molecule has 0 bridgehead atoms. The predicted octanol–water partition coefficient (Wildman–Crippen LogP) is 3.40. The molecule has 2 N–H and O–H groups in total. The van der Waals surface area contributed by atoms with Gasteiger partial charge in [-0.25, -0.2) is 10.2 Å². The number of benzene rings is 2. The maximum absolute atomic E-state index is 12.3. The van der Waals surface area contributed by atoms with Crippen LogP contribution in [-0.2, 0) is 9.53 Å². The van der Waals surface area contributed by atoms with Crippen molar-refractivity contribution >= 4 is 29.8 Å². The molecule has 2 amide bonds. The lowest BCUT2D eigenvalue weighted by atomic mass is 10.0. The standard InChI is InChI=1S/C20H20ClN3O5/c1-2-27-20(26)23-16(13-6-4-3-5-7-13)10-19(25)24-22-11-14-8-17-18(9-15(14)21)29-12-28-17/h3-9,11,16H,2,10,12H2,1H3,(H,23,26)(H,24,25)/b22-11-/t16-/m1/s1. The second-order valence-corrected chi connectivity index (χ2v) is 6.46. The van der Waals surface area contributed by atoms with Crippen LogP contribution in [0.3, 0.4) is 0 Å². The molecule has 8 nitrogen and oxygen atoms in total. The number of carbonyl (C=O) groups excluding carboxylic acids is 2. The van der Waals surface area contributed by atoms with Crippen LogP contribution < -0.4 is 20.2 Å². The zero-order valence-electron chi connectivity index (χ0n) is 15.7. The van der Waals surface area contributed by atoms with Gasteiger partial charge in [-0.1, -0.05) is 41.9 Å². The van der Waals surface area contributed by atoms with Gasteiger partial charge in [-0.3, -0.25) is 4.79 Å². The number of alkyl carbamates (subject to hydrolysis) is 1. The Balaban J connectivity index is 1.62. The van der Waals surface area contributed by atoms with Gasteiger partial charge in [0.2, 0.25) is 12.7 Å². The molecule has 0 saturated heterocycles. The van der Waals surface area contributed by atoms with E-state index in [1.165, 1.54) is 6.21 Å². The van der Waals surface area contributed by atoms with E-state index in [-0.39, 0.29) is 25.7 Å². The molecule has 0 spiro atoms. The SMILES string of the molecule is CCOC(=O)N[C@H](CC(=O)N/N=C\c1cc2c(cc1Cl)OCO2)c1ccccc1. The first-order valence-corrected chi connectivity index (χ1v) is 9.34. The minimum absolute atomic E-state index is 0.0188. The van der Waals surface area contributed by atoms with Gasteiger partial charge in [0, 0.05) is 11.6 Å². The summed E-state index contributed by atoms with van der Waals surface area (Å²) in [7, 11) is 0. The maximum atomic E-state index is 12.3. The number of ether oxygens (including phenoxy) is 3. The number of hydrogen-bond acceptors (Lipinski definition) is 6. The highest BCUT2D eigenvalue weighted by Crippen LogP contribution is 2.36. The van der Waals surface area contributed by atoms with Crippen molar-refractivity contribution in [1.82, 2.24) is 10.7 Å². The van der Waals surface area contributed by atoms with Gasteiger partial charge in [-0.2, -0.15) is 5.10 Å². The zero-order valence-corrected chi connectivity index (χ0v) is 16.4. The third kappa shape index (κ3) is 5.61. The number of nitrogens with one attached hydrogen (secondary N) is 2. The van der Waals surface area contributed by atoms with Crippen molar-refractivity contribution in [2.24, 2.45) is 5.10 Å². The Morgan fingerprint density at radius 2 is 1.97 bits per heavy atom. The molecule has 29 heavy (non-hydrogen) atoms. The molecule has 0 unspecified atom stereocenters. The van der Waals surface area contributed by atoms with Crippen molar-refractivity contribution < 1.29 is 23.8 Å². The molecule has 2 aromatic rings. The summed E-state index contributed by atoms with van der Waals surface area (Å²) in [6, 6.07) is 11.9. The fourth-order valence-corrected chi connectivity index (χ4v) is 2.89. The average molecular weight is 418 g/mol. The van der Waals surface area contributed by atoms with Gasteiger partial charge in [-0.15, -0.1) is 0 Å². The van der Waals surface area contributed by atoms with Crippen LogP contribution in [0.15, 0.2) is 47.6 Å². The Morgan fingerprint density at radius 3 is 2.69 bits per heavy atom. The number of rotatable bonds is 7. The minimum atomic E-state index is -0.593. The van der Waals surface area contributed by atoms with Crippen LogP contribution in [-0.4, -0.2) is 31.6 Å². The zero-order chi connectivity index (χ0) is 20.6. The number of carbonyl (C=O) groups is 2. The van der Waals surface area contributed by atoms with Crippen molar-refractivity contribution in [2.75, 3.05) is 13.4 Å². The topological polar surface area (TPSA) is 98.2 Å². The lowest BCUT2D eigenvalue weighted by Gasteiger charge is -2.18. The number of hydrazone groups is 1. The molecule has 0 aliphatic carbocycles. The molecule has 0 fully saturated rings. The quantitative estimate of drug-likeness (QED) is 0.531. The molecule has 3 rings (SSSR count). The summed E-state index contributed by atoms with van der Waals surface area (Å²) in [4.78, 5) is 24.1. The Morgan fingerprint density at radius 1 is 1.24 bits per heavy atom. The molecule has 0 radical (unpaired) electrons. The van der Waals surface area contributed by atoms with Crippen LogP contribution in [0.25, 0.3) is 0 Å². The third-order valence-corrected chi connectivity index (χ3v) is 4.37. The van der Waals surface area contributed by atoms with E-state index in [0.29, 0.717) is 22.1 Å². The number of amides is 2. The Bertz CT molecular complexity index is 904. The summed E-state index contributed by atoms with van der Waals surface area (Å²) in [5.41, 5.74) is 3.79. The molecule has 1 heterocycles. The highest BCUT2D eigenvalue weighted by molar-refractivity contribution is 6.33. The monoisotopic (exact) mass is 417 g/mol. The Hall–Kier alpha value is -3.26. The van der Waals surface area contributed by atoms with E-state index in [4.69, 9.17) is 25.8 Å². The van der Waals surface area contributed by atoms with E-state index in [0.717, 1.165) is 5.56 Å². The van der Waals surface area contributed by atoms with Crippen molar-refractivity contribution in [1.29, 1.82) is 0 Å². The first-order chi connectivity index (χ1) is 14.1. The van der Waals surface area contributed by atoms with E-state index in [1.807, 2.05) is 30.3 Å². The summed E-state index contributed by atoms with van der Waals surface area (Å²) in [5, 5.41) is 7.04. The first kappa shape index (κ1) is 20.5. The number of hydrogen-bond donors (Lipinski definition) is 2. The van der Waals surface area contributed by atoms with Crippen molar-refractivity contribution in [3.63, 3.8) is 0 Å². The van der Waals surface area contributed by atoms with Gasteiger partial charge in [-0.05, 0) is 18.6 Å². The van der Waals surface area contributed by atoms with Gasteiger partial charge >= 0.3 is 6.09 Å². The molecular formula is C20H20ClN3O5. The number of halogens is 1. The van der Waals surface area contributed by atoms with Gasteiger partial charge in [0.1, 0.15) is 0 Å². The van der Waals surface area contributed by atoms with Gasteiger partial charge in [0.25, 0.3) is 0 Å². The maximum Gasteiger partial charge on any atom is 0.407 e. The third-order valence-electron chi connectivity index (χ3n) is 4.04. The van der Waals surface area contributed by atoms with E-state index in [9.17, 15) is 9.59 Å². The molecule has 2 aromatic carbocycles. The molecule has 0 saturated carbocycles. The summed E-state index contributed by atoms with van der Waals surface area (Å²) in [5.74, 6) is 0.737. The molecular weight excluding hydrogens is 398 g/mol. The van der Waals surface area contributed by atoms with Crippen LogP contribution in [0.5, 0.6) is 11.5 Å². The largest absolute Gasteiger partial charge is 0.454 e. The van der Waals surface area contributed by atoms with Gasteiger partial charge in [0.15, 0.2) is 11.5 Å². The summed E-state index contributed by atoms with van der Waals surface area (Å²) < 4.78 is 15.5. The first-order valence-electron chi connectivity index (χ1n) is 8.96. The van der Waals surface area contributed by atoms with Crippen LogP contribution in [0.2, 0.25) is 5.02 Å². The van der Waals surface area contributed by atoms with Crippen LogP contribution >= 0.6 is 11.6 Å². The molecule has 1 aliphatic rings. The molecule has 0 aromatic heterocycles. The van der Waals surface area contributed by atoms with E-state index < -0.39 is 12.1 Å². The average Bonchev–Trinajstić information content (AvgIpc) is 3.15. The summed E-state index contributed by atoms with van der Waals surface area (Å²) in [6.45, 7) is 2.08. The van der Waals surface area contributed by atoms with Crippen molar-refractivity contribution in [2.45, 2.75) is 19.4 Å². The molecule has 152 valence electrons. The van der Waals surface area contributed by atoms with E-state index in [2.05, 4.69) is 15.8 Å². The summed E-state index contributed by atoms with van der Waals surface area (Å²) in [6.07, 6.45) is 0.804. The summed E-state index contributed by atoms with van der Waals surface area (Å²) >= 11 is 6.17. The normalized spacial score (nSPS) is 13.2. The van der Waals surface area contributed by atoms with Crippen LogP contribution in [0, 0.1) is 0 Å². The fourth-order valence-electron chi connectivity index (χ4n) is 2.69. The molecule has 1 aliphatic heterocycles. The van der Waals surface area contributed by atoms with Crippen molar-refractivity contribution in [3.8, 4) is 11.5 Å².